The zero-order chi connectivity index (χ0) is 5.98. The normalized spacial score (nSPS) is 35.6. The summed E-state index contributed by atoms with van der Waals surface area (Å²) in [5, 5.41) is 2.37. The lowest BCUT2D eigenvalue weighted by Gasteiger charge is -2.06. The van der Waals surface area contributed by atoms with Crippen LogP contribution in [0.2, 0.25) is 0 Å². The Bertz CT molecular complexity index is 158. The summed E-state index contributed by atoms with van der Waals surface area (Å²) in [6, 6.07) is 0. The molecule has 1 rings (SSSR count). The zero-order valence-corrected chi connectivity index (χ0v) is 5.61. The first-order valence-electron chi connectivity index (χ1n) is 2.59. The van der Waals surface area contributed by atoms with E-state index in [2.05, 4.69) is 13.0 Å². The van der Waals surface area contributed by atoms with Crippen molar-refractivity contribution in [2.45, 2.75) is 12.2 Å². The summed E-state index contributed by atoms with van der Waals surface area (Å²) in [6.45, 7) is 2.07. The molecule has 44 valence electrons. The summed E-state index contributed by atoms with van der Waals surface area (Å²) < 4.78 is 7.37. The quantitative estimate of drug-likeness (QED) is 0.513. The van der Waals surface area contributed by atoms with Gasteiger partial charge < -0.3 is 0 Å². The van der Waals surface area contributed by atoms with Crippen molar-refractivity contribution in [1.82, 2.24) is 0 Å². The third kappa shape index (κ3) is 1.07. The second-order valence-electron chi connectivity index (χ2n) is 1.79. The van der Waals surface area contributed by atoms with Crippen LogP contribution >= 0.6 is 0 Å². The molecule has 0 fully saturated rings. The Morgan fingerprint density at radius 1 is 1.50 bits per heavy atom. The number of nitrogens with one attached hydrogen (secondary N) is 1. The van der Waals surface area contributed by atoms with E-state index < -0.39 is 0 Å². The fraction of sp³-hybridized carbons (Fsp3) is 0.333. The molecule has 0 aliphatic carbocycles. The SMILES string of the molecule is CC1C=CC=CS1=N. The highest BCUT2D eigenvalue weighted by Gasteiger charge is 2.00. The molecular formula is C6H9NS. The van der Waals surface area contributed by atoms with E-state index in [1.54, 1.807) is 0 Å². The zero-order valence-electron chi connectivity index (χ0n) is 4.79. The van der Waals surface area contributed by atoms with Crippen LogP contribution in [0.5, 0.6) is 0 Å². The smallest absolute Gasteiger partial charge is 0.0346 e. The monoisotopic (exact) mass is 127 g/mol. The van der Waals surface area contributed by atoms with Crippen LogP contribution in [0.1, 0.15) is 6.92 Å². The first-order valence-corrected chi connectivity index (χ1v) is 3.94. The molecule has 1 aliphatic rings. The number of hydrogen-bond acceptors (Lipinski definition) is 1. The van der Waals surface area contributed by atoms with Crippen LogP contribution in [-0.4, -0.2) is 5.25 Å². The lowest BCUT2D eigenvalue weighted by atomic mass is 10.4. The largest absolute Gasteiger partial charge is 0.276 e. The van der Waals surface area contributed by atoms with Crippen molar-refractivity contribution in [3.63, 3.8) is 0 Å². The van der Waals surface area contributed by atoms with Crippen molar-refractivity contribution >= 4 is 10.7 Å². The average Bonchev–Trinajstić information content (AvgIpc) is 1.77. The van der Waals surface area contributed by atoms with E-state index >= 15 is 0 Å². The third-order valence-corrected chi connectivity index (χ3v) is 2.53. The van der Waals surface area contributed by atoms with E-state index in [1.165, 1.54) is 0 Å². The molecule has 2 atom stereocenters. The minimum absolute atomic E-state index is 0.252. The fourth-order valence-electron chi connectivity index (χ4n) is 0.559. The van der Waals surface area contributed by atoms with Gasteiger partial charge in [0.05, 0.1) is 0 Å². The van der Waals surface area contributed by atoms with E-state index in [9.17, 15) is 0 Å². The maximum absolute atomic E-state index is 7.37. The molecule has 0 amide bonds. The Kier molecular flexibility index (Phi) is 1.63. The van der Waals surface area contributed by atoms with Gasteiger partial charge in [0, 0.05) is 5.25 Å². The molecule has 1 aliphatic heterocycles. The van der Waals surface area contributed by atoms with Crippen LogP contribution in [0.15, 0.2) is 23.6 Å². The summed E-state index contributed by atoms with van der Waals surface area (Å²) >= 11 is 0. The van der Waals surface area contributed by atoms with E-state index in [0.29, 0.717) is 5.25 Å². The minimum atomic E-state index is -0.252. The Balaban J connectivity index is 2.74. The molecule has 0 saturated carbocycles. The highest BCUT2D eigenvalue weighted by molar-refractivity contribution is 7.89. The summed E-state index contributed by atoms with van der Waals surface area (Å²) in [4.78, 5) is 0. The molecule has 0 aromatic carbocycles. The molecule has 0 aromatic rings. The number of rotatable bonds is 0. The van der Waals surface area contributed by atoms with Crippen LogP contribution in [0, 0.1) is 4.78 Å². The summed E-state index contributed by atoms with van der Waals surface area (Å²) in [5.41, 5.74) is 0. The molecule has 2 unspecified atom stereocenters. The van der Waals surface area contributed by atoms with Gasteiger partial charge in [-0.05, 0) is 12.3 Å². The second kappa shape index (κ2) is 2.27. The van der Waals surface area contributed by atoms with E-state index in [0.717, 1.165) is 0 Å². The maximum Gasteiger partial charge on any atom is 0.0346 e. The molecule has 0 aromatic heterocycles. The molecular weight excluding hydrogens is 118 g/mol. The van der Waals surface area contributed by atoms with Crippen molar-refractivity contribution in [2.75, 3.05) is 0 Å². The van der Waals surface area contributed by atoms with Crippen LogP contribution < -0.4 is 0 Å². The fourth-order valence-corrected chi connectivity index (χ4v) is 1.33. The molecule has 0 spiro atoms. The second-order valence-corrected chi connectivity index (χ2v) is 3.55. The summed E-state index contributed by atoms with van der Waals surface area (Å²) in [6.07, 6.45) is 6.01. The molecule has 0 saturated heterocycles. The maximum atomic E-state index is 7.37. The van der Waals surface area contributed by atoms with Gasteiger partial charge in [0.25, 0.3) is 0 Å². The van der Waals surface area contributed by atoms with Crippen LogP contribution in [0.25, 0.3) is 0 Å². The number of hydrogen-bond donors (Lipinski definition) is 1. The highest BCUT2D eigenvalue weighted by atomic mass is 32.2. The summed E-state index contributed by atoms with van der Waals surface area (Å²) in [7, 11) is -0.252. The molecule has 1 heterocycles. The van der Waals surface area contributed by atoms with Crippen molar-refractivity contribution in [3.8, 4) is 0 Å². The standard InChI is InChI=1S/C6H9NS/c1-6-4-2-3-5-8(6)7/h2-7H,1H3. The minimum Gasteiger partial charge on any atom is -0.276 e. The Morgan fingerprint density at radius 3 is 2.62 bits per heavy atom. The lowest BCUT2D eigenvalue weighted by Crippen LogP contribution is -2.04. The van der Waals surface area contributed by atoms with Crippen molar-refractivity contribution in [3.05, 3.63) is 23.6 Å². The van der Waals surface area contributed by atoms with Gasteiger partial charge in [-0.3, -0.25) is 4.78 Å². The van der Waals surface area contributed by atoms with Gasteiger partial charge in [-0.2, -0.15) is 0 Å². The first-order chi connectivity index (χ1) is 3.80. The van der Waals surface area contributed by atoms with Gasteiger partial charge in [0.2, 0.25) is 0 Å². The van der Waals surface area contributed by atoms with Crippen LogP contribution in [0.3, 0.4) is 0 Å². The van der Waals surface area contributed by atoms with Crippen molar-refractivity contribution in [1.29, 1.82) is 4.78 Å². The Hall–Kier alpha value is -0.370. The number of allylic oxidation sites excluding steroid dienone is 2. The van der Waals surface area contributed by atoms with E-state index in [1.807, 2.05) is 17.6 Å². The Labute approximate surface area is 52.0 Å². The van der Waals surface area contributed by atoms with Crippen LogP contribution in [-0.2, 0) is 10.7 Å². The molecule has 0 radical (unpaired) electrons. The van der Waals surface area contributed by atoms with Gasteiger partial charge in [0.1, 0.15) is 0 Å². The molecule has 1 nitrogen and oxygen atoms in total. The van der Waals surface area contributed by atoms with Crippen LogP contribution in [0.4, 0.5) is 0 Å². The highest BCUT2D eigenvalue weighted by Crippen LogP contribution is 2.05. The molecule has 2 heteroatoms. The van der Waals surface area contributed by atoms with Crippen molar-refractivity contribution in [2.24, 2.45) is 0 Å². The Morgan fingerprint density at radius 2 is 2.25 bits per heavy atom. The van der Waals surface area contributed by atoms with Gasteiger partial charge in [-0.15, -0.1) is 0 Å². The van der Waals surface area contributed by atoms with Gasteiger partial charge >= 0.3 is 0 Å². The van der Waals surface area contributed by atoms with E-state index in [4.69, 9.17) is 4.78 Å². The van der Waals surface area contributed by atoms with Crippen molar-refractivity contribution < 1.29 is 0 Å². The third-order valence-electron chi connectivity index (χ3n) is 1.12. The predicted molar refractivity (Wildman–Crippen MR) is 37.8 cm³/mol. The van der Waals surface area contributed by atoms with E-state index in [-0.39, 0.29) is 10.7 Å². The molecule has 8 heavy (non-hydrogen) atoms. The lowest BCUT2D eigenvalue weighted by molar-refractivity contribution is 1.23. The van der Waals surface area contributed by atoms with Gasteiger partial charge in [0.15, 0.2) is 0 Å². The van der Waals surface area contributed by atoms with Gasteiger partial charge in [-0.25, -0.2) is 0 Å². The average molecular weight is 127 g/mol. The first kappa shape index (κ1) is 5.76. The predicted octanol–water partition coefficient (Wildman–Crippen LogP) is 1.84. The molecule has 1 N–H and O–H groups in total. The summed E-state index contributed by atoms with van der Waals surface area (Å²) in [5.74, 6) is 0. The van der Waals surface area contributed by atoms with Gasteiger partial charge in [-0.1, -0.05) is 28.9 Å². The molecule has 0 bridgehead atoms. The topological polar surface area (TPSA) is 23.9 Å².